The average Bonchev–Trinajstić information content (AvgIpc) is 2.95. The van der Waals surface area contributed by atoms with E-state index in [0.717, 1.165) is 19.8 Å². The minimum Gasteiger partial charge on any atom is -0.468 e. The predicted molar refractivity (Wildman–Crippen MR) is 95.2 cm³/mol. The Bertz CT molecular complexity index is 1030. The lowest BCUT2D eigenvalue weighted by molar-refractivity contribution is -0.155. The normalized spacial score (nSPS) is 22.6. The molecule has 0 aromatic heterocycles. The Morgan fingerprint density at radius 3 is 2.15 bits per heavy atom. The van der Waals surface area contributed by atoms with Gasteiger partial charge in [-0.15, -0.1) is 0 Å². The van der Waals surface area contributed by atoms with E-state index in [2.05, 4.69) is 0 Å². The number of carbonyl (C=O) groups is 3. The van der Waals surface area contributed by atoms with Gasteiger partial charge in [-0.05, 0) is 22.3 Å². The van der Waals surface area contributed by atoms with Crippen LogP contribution in [0, 0.1) is 5.92 Å². The maximum Gasteiger partial charge on any atom is 0.341 e. The molecule has 0 fully saturated rings. The van der Waals surface area contributed by atoms with Crippen molar-refractivity contribution in [1.82, 2.24) is 0 Å². The van der Waals surface area contributed by atoms with Crippen molar-refractivity contribution in [3.8, 4) is 11.1 Å². The van der Waals surface area contributed by atoms with Crippen LogP contribution in [0.25, 0.3) is 16.7 Å². The van der Waals surface area contributed by atoms with Crippen LogP contribution in [0.5, 0.6) is 0 Å². The van der Waals surface area contributed by atoms with Gasteiger partial charge in [0.2, 0.25) is 0 Å². The summed E-state index contributed by atoms with van der Waals surface area (Å²) < 4.78 is 9.57. The van der Waals surface area contributed by atoms with Crippen molar-refractivity contribution >= 4 is 23.3 Å². The first-order chi connectivity index (χ1) is 13.0. The maximum atomic E-state index is 13.1. The molecule has 0 radical (unpaired) electrons. The molecule has 6 nitrogen and oxygen atoms in total. The molecule has 0 spiro atoms. The van der Waals surface area contributed by atoms with Crippen molar-refractivity contribution in [2.75, 3.05) is 14.2 Å². The number of ketones is 1. The smallest absolute Gasteiger partial charge is 0.341 e. The molecular formula is C21H16O6. The summed E-state index contributed by atoms with van der Waals surface area (Å²) >= 11 is 0. The van der Waals surface area contributed by atoms with Crippen molar-refractivity contribution in [3.05, 3.63) is 65.2 Å². The zero-order chi connectivity index (χ0) is 19.3. The van der Waals surface area contributed by atoms with Crippen LogP contribution in [0.15, 0.2) is 54.1 Å². The minimum absolute atomic E-state index is 0.0871. The van der Waals surface area contributed by atoms with E-state index in [-0.39, 0.29) is 11.1 Å². The molecule has 0 saturated carbocycles. The third-order valence-electron chi connectivity index (χ3n) is 5.21. The first-order valence-electron chi connectivity index (χ1n) is 8.33. The Kier molecular flexibility index (Phi) is 3.75. The number of rotatable bonds is 2. The molecule has 0 aliphatic heterocycles. The van der Waals surface area contributed by atoms with Gasteiger partial charge in [-0.2, -0.15) is 0 Å². The largest absolute Gasteiger partial charge is 0.468 e. The van der Waals surface area contributed by atoms with Gasteiger partial charge < -0.3 is 14.6 Å². The molecule has 1 N–H and O–H groups in total. The van der Waals surface area contributed by atoms with Gasteiger partial charge >= 0.3 is 11.9 Å². The molecule has 136 valence electrons. The zero-order valence-corrected chi connectivity index (χ0v) is 14.7. The number of hydrogen-bond acceptors (Lipinski definition) is 6. The number of hydrogen-bond donors (Lipinski definition) is 1. The lowest BCUT2D eigenvalue weighted by atomic mass is 9.69. The summed E-state index contributed by atoms with van der Waals surface area (Å²) in [5.74, 6) is -4.19. The molecule has 0 saturated heterocycles. The highest BCUT2D eigenvalue weighted by molar-refractivity contribution is 6.33. The van der Waals surface area contributed by atoms with Crippen LogP contribution in [0.3, 0.4) is 0 Å². The van der Waals surface area contributed by atoms with E-state index >= 15 is 0 Å². The number of benzene rings is 2. The van der Waals surface area contributed by atoms with E-state index in [1.54, 1.807) is 36.4 Å². The Balaban J connectivity index is 2.16. The highest BCUT2D eigenvalue weighted by Crippen LogP contribution is 2.57. The summed E-state index contributed by atoms with van der Waals surface area (Å²) in [6, 6.07) is 14.1. The van der Waals surface area contributed by atoms with Crippen molar-refractivity contribution in [2.45, 2.75) is 5.60 Å². The first kappa shape index (κ1) is 17.2. The highest BCUT2D eigenvalue weighted by atomic mass is 16.5. The molecule has 4 rings (SSSR count). The topological polar surface area (TPSA) is 89.9 Å². The number of aliphatic hydroxyl groups is 1. The fourth-order valence-electron chi connectivity index (χ4n) is 4.11. The highest BCUT2D eigenvalue weighted by Gasteiger charge is 2.62. The molecular weight excluding hydrogens is 348 g/mol. The van der Waals surface area contributed by atoms with Gasteiger partial charge in [-0.3, -0.25) is 9.59 Å². The first-order valence-corrected chi connectivity index (χ1v) is 8.33. The van der Waals surface area contributed by atoms with Gasteiger partial charge in [-0.25, -0.2) is 4.79 Å². The molecule has 2 aromatic carbocycles. The van der Waals surface area contributed by atoms with E-state index in [4.69, 9.17) is 9.47 Å². The molecule has 27 heavy (non-hydrogen) atoms. The average molecular weight is 364 g/mol. The number of carbonyl (C=O) groups excluding carboxylic acids is 3. The van der Waals surface area contributed by atoms with Gasteiger partial charge in [0.25, 0.3) is 0 Å². The quantitative estimate of drug-likeness (QED) is 0.497. The molecule has 2 atom stereocenters. The molecule has 2 unspecified atom stereocenters. The van der Waals surface area contributed by atoms with Crippen molar-refractivity contribution in [2.24, 2.45) is 5.92 Å². The Morgan fingerprint density at radius 2 is 1.52 bits per heavy atom. The van der Waals surface area contributed by atoms with Crippen molar-refractivity contribution in [3.63, 3.8) is 0 Å². The fraction of sp³-hybridized carbons (Fsp3) is 0.190. The summed E-state index contributed by atoms with van der Waals surface area (Å²) in [6.45, 7) is 0. The Hall–Kier alpha value is -3.25. The molecule has 0 amide bonds. The van der Waals surface area contributed by atoms with Gasteiger partial charge in [0.05, 0.1) is 14.2 Å². The second kappa shape index (κ2) is 5.89. The van der Waals surface area contributed by atoms with E-state index in [9.17, 15) is 19.5 Å². The van der Waals surface area contributed by atoms with Gasteiger partial charge in [0.1, 0.15) is 11.2 Å². The Labute approximate surface area is 155 Å². The van der Waals surface area contributed by atoms with Crippen LogP contribution >= 0.6 is 0 Å². The van der Waals surface area contributed by atoms with Crippen molar-refractivity contribution < 1.29 is 29.0 Å². The van der Waals surface area contributed by atoms with E-state index in [1.165, 1.54) is 0 Å². The standard InChI is InChI=1S/C21H16O6/c1-26-19(23)15-16-13-9-4-3-7-11(13)12-8-5-6-10-14(12)21(16,25)17(18(15)22)20(24)27-2/h3-10,17,25H,1-2H3. The fourth-order valence-corrected chi connectivity index (χ4v) is 4.11. The summed E-state index contributed by atoms with van der Waals surface area (Å²) in [5, 5.41) is 11.8. The SMILES string of the molecule is COC(=O)C1=C2c3ccccc3-c3ccccc3C2(O)C(C(=O)OC)C1=O. The van der Waals surface area contributed by atoms with E-state index in [0.29, 0.717) is 16.7 Å². The zero-order valence-electron chi connectivity index (χ0n) is 14.7. The molecule has 0 bridgehead atoms. The number of Topliss-reactive ketones (excluding diaryl/α,β-unsaturated/α-hetero) is 1. The van der Waals surface area contributed by atoms with Crippen LogP contribution < -0.4 is 0 Å². The summed E-state index contributed by atoms with van der Waals surface area (Å²) in [5.41, 5.74) is 0.0832. The molecule has 0 heterocycles. The van der Waals surface area contributed by atoms with E-state index in [1.807, 2.05) is 12.1 Å². The summed E-state index contributed by atoms with van der Waals surface area (Å²) in [6.07, 6.45) is 0. The minimum atomic E-state index is -2.02. The molecule has 2 aliphatic carbocycles. The third kappa shape index (κ3) is 2.07. The number of esters is 2. The van der Waals surface area contributed by atoms with Crippen LogP contribution in [0.1, 0.15) is 11.1 Å². The van der Waals surface area contributed by atoms with Crippen molar-refractivity contribution in [1.29, 1.82) is 0 Å². The van der Waals surface area contributed by atoms with Gasteiger partial charge in [-0.1, -0.05) is 48.5 Å². The second-order valence-electron chi connectivity index (χ2n) is 6.42. The van der Waals surface area contributed by atoms with Crippen LogP contribution in [-0.2, 0) is 29.5 Å². The summed E-state index contributed by atoms with van der Waals surface area (Å²) in [4.78, 5) is 38.0. The summed E-state index contributed by atoms with van der Waals surface area (Å²) in [7, 11) is 2.29. The van der Waals surface area contributed by atoms with Crippen LogP contribution in [0.2, 0.25) is 0 Å². The lowest BCUT2D eigenvalue weighted by Crippen LogP contribution is -2.43. The number of fused-ring (bicyclic) bond motifs is 6. The van der Waals surface area contributed by atoms with Crippen LogP contribution in [-0.4, -0.2) is 37.0 Å². The van der Waals surface area contributed by atoms with Crippen LogP contribution in [0.4, 0.5) is 0 Å². The number of methoxy groups -OCH3 is 2. The third-order valence-corrected chi connectivity index (χ3v) is 5.21. The molecule has 2 aromatic rings. The molecule has 2 aliphatic rings. The predicted octanol–water partition coefficient (Wildman–Crippen LogP) is 1.85. The van der Waals surface area contributed by atoms with Gasteiger partial charge in [0, 0.05) is 5.57 Å². The maximum absolute atomic E-state index is 13.1. The Morgan fingerprint density at radius 1 is 0.926 bits per heavy atom. The number of ether oxygens (including phenoxy) is 2. The lowest BCUT2D eigenvalue weighted by Gasteiger charge is -2.37. The van der Waals surface area contributed by atoms with Gasteiger partial charge in [0.15, 0.2) is 11.7 Å². The molecule has 6 heteroatoms. The monoisotopic (exact) mass is 364 g/mol. The van der Waals surface area contributed by atoms with E-state index < -0.39 is 29.2 Å². The second-order valence-corrected chi connectivity index (χ2v) is 6.42.